The molecule has 1 saturated heterocycles. The molecule has 10 heteroatoms. The summed E-state index contributed by atoms with van der Waals surface area (Å²) >= 11 is 1.69. The molecule has 1 heterocycles. The van der Waals surface area contributed by atoms with Crippen LogP contribution in [0.5, 0.6) is 0 Å². The monoisotopic (exact) mass is 431 g/mol. The van der Waals surface area contributed by atoms with E-state index in [4.69, 9.17) is 14.5 Å². The minimum absolute atomic E-state index is 0.182. The molecular formula is C18H26NO7PS. The lowest BCUT2D eigenvalue weighted by molar-refractivity contribution is -0.131. The summed E-state index contributed by atoms with van der Waals surface area (Å²) in [6.45, 7) is 7.88. The normalized spacial score (nSPS) is 15.4. The van der Waals surface area contributed by atoms with Crippen molar-refractivity contribution in [3.63, 3.8) is 0 Å². The molecule has 1 aliphatic heterocycles. The molecule has 0 radical (unpaired) electrons. The highest BCUT2D eigenvalue weighted by Gasteiger charge is 2.35. The van der Waals surface area contributed by atoms with Crippen molar-refractivity contribution in [2.45, 2.75) is 31.2 Å². The molecule has 0 spiro atoms. The summed E-state index contributed by atoms with van der Waals surface area (Å²) in [5.41, 5.74) is -1.32. The van der Waals surface area contributed by atoms with Crippen LogP contribution in [0.3, 0.4) is 0 Å². The molecule has 1 aromatic rings. The number of morpholine rings is 1. The lowest BCUT2D eigenvalue weighted by Gasteiger charge is -2.39. The first kappa shape index (κ1) is 24.7. The van der Waals surface area contributed by atoms with Crippen LogP contribution in [0.1, 0.15) is 31.1 Å². The van der Waals surface area contributed by atoms with Crippen LogP contribution in [0.4, 0.5) is 0 Å². The molecule has 1 fully saturated rings. The predicted molar refractivity (Wildman–Crippen MR) is 107 cm³/mol. The third kappa shape index (κ3) is 6.92. The average Bonchev–Trinajstić information content (AvgIpc) is 2.67. The van der Waals surface area contributed by atoms with Gasteiger partial charge in [0.25, 0.3) is 0 Å². The van der Waals surface area contributed by atoms with Gasteiger partial charge in [0.2, 0.25) is 5.78 Å². The second kappa shape index (κ2) is 10.4. The van der Waals surface area contributed by atoms with Crippen molar-refractivity contribution in [1.82, 2.24) is 4.90 Å². The van der Waals surface area contributed by atoms with Crippen LogP contribution >= 0.6 is 19.4 Å². The third-order valence-electron chi connectivity index (χ3n) is 4.28. The van der Waals surface area contributed by atoms with Crippen LogP contribution in [0.15, 0.2) is 29.2 Å². The van der Waals surface area contributed by atoms with E-state index in [-0.39, 0.29) is 5.78 Å². The Morgan fingerprint density at radius 3 is 1.96 bits per heavy atom. The summed E-state index contributed by atoms with van der Waals surface area (Å²) in [6, 6.07) is 7.87. The Morgan fingerprint density at radius 2 is 1.61 bits per heavy atom. The zero-order valence-electron chi connectivity index (χ0n) is 16.4. The van der Waals surface area contributed by atoms with E-state index in [2.05, 4.69) is 4.90 Å². The fourth-order valence-corrected chi connectivity index (χ4v) is 3.39. The maximum absolute atomic E-state index is 12.7. The molecule has 0 amide bonds. The summed E-state index contributed by atoms with van der Waals surface area (Å²) in [6.07, 6.45) is 2.04. The molecule has 28 heavy (non-hydrogen) atoms. The summed E-state index contributed by atoms with van der Waals surface area (Å²) in [7, 11) is -4.80. The first-order valence-corrected chi connectivity index (χ1v) is 11.4. The summed E-state index contributed by atoms with van der Waals surface area (Å²) < 4.78 is 15.3. The van der Waals surface area contributed by atoms with Gasteiger partial charge in [-0.25, -0.2) is 0 Å². The van der Waals surface area contributed by atoms with Crippen LogP contribution < -0.4 is 0 Å². The van der Waals surface area contributed by atoms with Gasteiger partial charge in [-0.1, -0.05) is 12.1 Å². The molecule has 1 aromatic carbocycles. The number of rotatable bonds is 6. The van der Waals surface area contributed by atoms with Crippen molar-refractivity contribution in [1.29, 1.82) is 0 Å². The quantitative estimate of drug-likeness (QED) is 0.301. The highest BCUT2D eigenvalue weighted by atomic mass is 32.2. The van der Waals surface area contributed by atoms with Crippen LogP contribution in [0.2, 0.25) is 0 Å². The van der Waals surface area contributed by atoms with Gasteiger partial charge < -0.3 is 14.5 Å². The third-order valence-corrected chi connectivity index (χ3v) is 5.86. The number of Topliss-reactive ketones (excluding diaryl/α,β-unsaturated/α-hetero) is 2. The minimum atomic E-state index is -4.80. The predicted octanol–water partition coefficient (Wildman–Crippen LogP) is 1.98. The van der Waals surface area contributed by atoms with E-state index in [1.807, 2.05) is 44.4 Å². The number of ketones is 2. The fourth-order valence-electron chi connectivity index (χ4n) is 2.57. The molecule has 8 nitrogen and oxygen atoms in total. The van der Waals surface area contributed by atoms with Crippen LogP contribution in [0.25, 0.3) is 0 Å². The van der Waals surface area contributed by atoms with Crippen molar-refractivity contribution in [2.75, 3.05) is 32.6 Å². The molecule has 0 aliphatic carbocycles. The van der Waals surface area contributed by atoms with E-state index in [0.29, 0.717) is 13.2 Å². The van der Waals surface area contributed by atoms with Gasteiger partial charge in [0.15, 0.2) is 5.78 Å². The highest BCUT2D eigenvalue weighted by molar-refractivity contribution is 7.98. The molecule has 0 bridgehead atoms. The Kier molecular flexibility index (Phi) is 9.20. The topological polar surface area (TPSA) is 121 Å². The van der Waals surface area contributed by atoms with Gasteiger partial charge in [-0.3, -0.25) is 23.8 Å². The van der Waals surface area contributed by atoms with Crippen molar-refractivity contribution >= 4 is 36.4 Å². The lowest BCUT2D eigenvalue weighted by atomic mass is 9.91. The maximum atomic E-state index is 12.7. The van der Waals surface area contributed by atoms with Crippen molar-refractivity contribution in [3.05, 3.63) is 29.8 Å². The SMILES string of the molecule is CC(=O)C(=O)P(=O)(O)O.CSc1ccc(C(=O)C(C)(C)N2CCOCC2)cc1. The number of ether oxygens (including phenoxy) is 1. The molecule has 156 valence electrons. The fraction of sp³-hybridized carbons (Fsp3) is 0.500. The number of carbonyl (C=O) groups is 3. The van der Waals surface area contributed by atoms with E-state index in [9.17, 15) is 18.9 Å². The molecule has 2 rings (SSSR count). The second-order valence-electron chi connectivity index (χ2n) is 6.62. The van der Waals surface area contributed by atoms with E-state index in [1.165, 1.54) is 4.90 Å². The number of hydrogen-bond acceptors (Lipinski definition) is 7. The van der Waals surface area contributed by atoms with Gasteiger partial charge in [-0.05, 0) is 32.2 Å². The summed E-state index contributed by atoms with van der Waals surface area (Å²) in [4.78, 5) is 52.1. The van der Waals surface area contributed by atoms with Gasteiger partial charge in [0, 0.05) is 30.5 Å². The largest absolute Gasteiger partial charge is 0.399 e. The Bertz CT molecular complexity index is 752. The number of nitrogens with zero attached hydrogens (tertiary/aromatic N) is 1. The van der Waals surface area contributed by atoms with Gasteiger partial charge in [-0.15, -0.1) is 11.8 Å². The Balaban J connectivity index is 0.000000370. The molecule has 0 atom stereocenters. The molecule has 0 unspecified atom stereocenters. The van der Waals surface area contributed by atoms with E-state index in [1.54, 1.807) is 11.8 Å². The molecule has 2 N–H and O–H groups in total. The van der Waals surface area contributed by atoms with Gasteiger partial charge in [0.05, 0.1) is 18.8 Å². The van der Waals surface area contributed by atoms with Crippen LogP contribution in [-0.4, -0.2) is 69.9 Å². The first-order valence-electron chi connectivity index (χ1n) is 8.54. The number of thioether (sulfide) groups is 1. The molecule has 0 aromatic heterocycles. The summed E-state index contributed by atoms with van der Waals surface area (Å²) in [5.74, 6) is -0.939. The van der Waals surface area contributed by atoms with Crippen LogP contribution in [-0.2, 0) is 18.9 Å². The number of carbonyl (C=O) groups excluding carboxylic acids is 3. The smallest absolute Gasteiger partial charge is 0.379 e. The summed E-state index contributed by atoms with van der Waals surface area (Å²) in [5, 5.41) is 0. The highest BCUT2D eigenvalue weighted by Crippen LogP contribution is 2.35. The van der Waals surface area contributed by atoms with E-state index in [0.717, 1.165) is 25.6 Å². The van der Waals surface area contributed by atoms with E-state index < -0.39 is 24.4 Å². The van der Waals surface area contributed by atoms with Crippen molar-refractivity contribution in [3.8, 4) is 0 Å². The standard InChI is InChI=1S/C15H21NO2S.C3H5O5P/c1-15(2,16-8-10-18-11-9-16)14(17)12-4-6-13(19-3)7-5-12;1-2(4)3(5)9(6,7)8/h4-7H,8-11H2,1-3H3;1H3,(H2,6,7,8). The molecular weight excluding hydrogens is 405 g/mol. The maximum Gasteiger partial charge on any atom is 0.399 e. The number of hydrogen-bond donors (Lipinski definition) is 2. The molecule has 1 aliphatic rings. The Labute approximate surface area is 168 Å². The minimum Gasteiger partial charge on any atom is -0.379 e. The van der Waals surface area contributed by atoms with Gasteiger partial charge >= 0.3 is 13.1 Å². The Hall–Kier alpha value is -1.35. The second-order valence-corrected chi connectivity index (χ2v) is 9.00. The average molecular weight is 431 g/mol. The molecule has 0 saturated carbocycles. The zero-order chi connectivity index (χ0) is 21.5. The van der Waals surface area contributed by atoms with Gasteiger partial charge in [-0.2, -0.15) is 0 Å². The Morgan fingerprint density at radius 1 is 1.11 bits per heavy atom. The number of benzene rings is 1. The van der Waals surface area contributed by atoms with Crippen LogP contribution in [0, 0.1) is 0 Å². The lowest BCUT2D eigenvalue weighted by Crippen LogP contribution is -2.54. The van der Waals surface area contributed by atoms with E-state index >= 15 is 0 Å². The van der Waals surface area contributed by atoms with Crippen molar-refractivity contribution < 1.29 is 33.5 Å². The zero-order valence-corrected chi connectivity index (χ0v) is 18.1. The van der Waals surface area contributed by atoms with Crippen molar-refractivity contribution in [2.24, 2.45) is 0 Å². The van der Waals surface area contributed by atoms with Gasteiger partial charge in [0.1, 0.15) is 0 Å². The first-order chi connectivity index (χ1) is 12.9.